The van der Waals surface area contributed by atoms with Crippen LogP contribution in [0.25, 0.3) is 0 Å². The van der Waals surface area contributed by atoms with Crippen molar-refractivity contribution in [3.05, 3.63) is 12.7 Å². The van der Waals surface area contributed by atoms with Crippen molar-refractivity contribution >= 4 is 11.9 Å². The van der Waals surface area contributed by atoms with E-state index < -0.39 is 5.97 Å². The van der Waals surface area contributed by atoms with Gasteiger partial charge in [-0.15, -0.1) is 0 Å². The van der Waals surface area contributed by atoms with Crippen molar-refractivity contribution in [1.82, 2.24) is 0 Å². The number of hydrogen-bond acceptors (Lipinski definition) is 4. The van der Waals surface area contributed by atoms with Crippen LogP contribution in [0.4, 0.5) is 0 Å². The van der Waals surface area contributed by atoms with Crippen molar-refractivity contribution in [3.63, 3.8) is 0 Å². The summed E-state index contributed by atoms with van der Waals surface area (Å²) in [7, 11) is 0. The van der Waals surface area contributed by atoms with Crippen LogP contribution in [0.1, 0.15) is 26.7 Å². The lowest BCUT2D eigenvalue weighted by Crippen LogP contribution is -2.16. The summed E-state index contributed by atoms with van der Waals surface area (Å²) in [5, 5.41) is 0. The van der Waals surface area contributed by atoms with E-state index in [1.807, 2.05) is 0 Å². The fourth-order valence-electron chi connectivity index (χ4n) is 0.746. The lowest BCUT2D eigenvalue weighted by molar-refractivity contribution is -0.146. The van der Waals surface area contributed by atoms with Crippen LogP contribution in [0.15, 0.2) is 12.7 Å². The van der Waals surface area contributed by atoms with Crippen LogP contribution < -0.4 is 0 Å². The van der Waals surface area contributed by atoms with E-state index >= 15 is 0 Å². The smallest absolute Gasteiger partial charge is 0.330 e. The largest absolute Gasteiger partial charge is 0.466 e. The van der Waals surface area contributed by atoms with Crippen LogP contribution in [-0.4, -0.2) is 24.6 Å². The zero-order valence-electron chi connectivity index (χ0n) is 8.62. The Hall–Kier alpha value is -1.32. The average Bonchev–Trinajstić information content (AvgIpc) is 2.17. The molecule has 0 aliphatic heterocycles. The molecule has 0 saturated heterocycles. The standard InChI is InChI=1S/C10H16O4/c1-4-9(11)13-7-6-8(3)14-10(12)5-2/h5,8H,2,4,6-7H2,1,3H3. The number of hydrogen-bond donors (Lipinski definition) is 0. The molecule has 0 aliphatic carbocycles. The Labute approximate surface area is 83.9 Å². The van der Waals surface area contributed by atoms with Crippen molar-refractivity contribution in [2.75, 3.05) is 6.61 Å². The molecule has 0 saturated carbocycles. The Morgan fingerprint density at radius 2 is 2.14 bits per heavy atom. The minimum atomic E-state index is -0.459. The molecule has 0 rings (SSSR count). The lowest BCUT2D eigenvalue weighted by atomic mass is 10.3. The van der Waals surface area contributed by atoms with Gasteiger partial charge in [-0.25, -0.2) is 4.79 Å². The number of ether oxygens (including phenoxy) is 2. The summed E-state index contributed by atoms with van der Waals surface area (Å²) in [4.78, 5) is 21.5. The second-order valence-electron chi connectivity index (χ2n) is 2.81. The van der Waals surface area contributed by atoms with Crippen molar-refractivity contribution < 1.29 is 19.1 Å². The lowest BCUT2D eigenvalue weighted by Gasteiger charge is -2.11. The number of esters is 2. The zero-order chi connectivity index (χ0) is 11.0. The third kappa shape index (κ3) is 6.22. The summed E-state index contributed by atoms with van der Waals surface area (Å²) in [5.41, 5.74) is 0. The SMILES string of the molecule is C=CC(=O)OC(C)CCOC(=O)CC. The quantitative estimate of drug-likeness (QED) is 0.481. The predicted molar refractivity (Wildman–Crippen MR) is 51.6 cm³/mol. The minimum absolute atomic E-state index is 0.243. The highest BCUT2D eigenvalue weighted by atomic mass is 16.6. The number of carbonyl (C=O) groups is 2. The summed E-state index contributed by atoms with van der Waals surface area (Å²) in [6.07, 6.45) is 1.71. The fraction of sp³-hybridized carbons (Fsp3) is 0.600. The molecule has 0 fully saturated rings. The summed E-state index contributed by atoms with van der Waals surface area (Å²) in [5.74, 6) is -0.702. The van der Waals surface area contributed by atoms with E-state index in [-0.39, 0.29) is 18.7 Å². The molecule has 0 aromatic carbocycles. The van der Waals surface area contributed by atoms with E-state index in [0.717, 1.165) is 6.08 Å². The maximum Gasteiger partial charge on any atom is 0.330 e. The maximum atomic E-state index is 10.7. The first-order valence-electron chi connectivity index (χ1n) is 4.58. The molecule has 0 aromatic rings. The van der Waals surface area contributed by atoms with Gasteiger partial charge >= 0.3 is 11.9 Å². The highest BCUT2D eigenvalue weighted by molar-refractivity contribution is 5.81. The Morgan fingerprint density at radius 3 is 2.64 bits per heavy atom. The van der Waals surface area contributed by atoms with Crippen LogP contribution in [-0.2, 0) is 19.1 Å². The molecule has 0 bridgehead atoms. The Balaban J connectivity index is 3.53. The van der Waals surface area contributed by atoms with Gasteiger partial charge in [-0.05, 0) is 6.92 Å². The molecule has 0 amide bonds. The van der Waals surface area contributed by atoms with E-state index in [4.69, 9.17) is 9.47 Å². The Morgan fingerprint density at radius 1 is 1.50 bits per heavy atom. The van der Waals surface area contributed by atoms with Crippen LogP contribution in [0, 0.1) is 0 Å². The van der Waals surface area contributed by atoms with Gasteiger partial charge in [-0.2, -0.15) is 0 Å². The van der Waals surface area contributed by atoms with Gasteiger partial charge in [0.15, 0.2) is 0 Å². The van der Waals surface area contributed by atoms with Crippen LogP contribution in [0.5, 0.6) is 0 Å². The molecule has 0 N–H and O–H groups in total. The van der Waals surface area contributed by atoms with Gasteiger partial charge in [-0.3, -0.25) is 4.79 Å². The number of rotatable bonds is 6. The fourth-order valence-corrected chi connectivity index (χ4v) is 0.746. The normalized spacial score (nSPS) is 11.6. The van der Waals surface area contributed by atoms with Gasteiger partial charge in [0.05, 0.1) is 6.61 Å². The molecule has 14 heavy (non-hydrogen) atoms. The molecule has 0 spiro atoms. The first-order valence-corrected chi connectivity index (χ1v) is 4.58. The van der Waals surface area contributed by atoms with E-state index in [1.54, 1.807) is 13.8 Å². The third-order valence-corrected chi connectivity index (χ3v) is 1.56. The molecule has 0 aromatic heterocycles. The molecule has 1 atom stereocenters. The van der Waals surface area contributed by atoms with E-state index in [2.05, 4.69) is 6.58 Å². The summed E-state index contributed by atoms with van der Waals surface area (Å²) in [6.45, 7) is 7.01. The number of carbonyl (C=O) groups excluding carboxylic acids is 2. The molecule has 4 heteroatoms. The van der Waals surface area contributed by atoms with Crippen molar-refractivity contribution in [1.29, 1.82) is 0 Å². The van der Waals surface area contributed by atoms with Crippen molar-refractivity contribution in [2.24, 2.45) is 0 Å². The van der Waals surface area contributed by atoms with E-state index in [0.29, 0.717) is 12.8 Å². The Bertz CT molecular complexity index is 210. The monoisotopic (exact) mass is 200 g/mol. The second-order valence-corrected chi connectivity index (χ2v) is 2.81. The summed E-state index contributed by atoms with van der Waals surface area (Å²) < 4.78 is 9.69. The predicted octanol–water partition coefficient (Wildman–Crippen LogP) is 1.45. The highest BCUT2D eigenvalue weighted by Crippen LogP contribution is 1.99. The van der Waals surface area contributed by atoms with Gasteiger partial charge in [0.1, 0.15) is 6.10 Å². The van der Waals surface area contributed by atoms with Gasteiger partial charge in [-0.1, -0.05) is 13.5 Å². The molecule has 4 nitrogen and oxygen atoms in total. The summed E-state index contributed by atoms with van der Waals surface area (Å²) in [6, 6.07) is 0. The van der Waals surface area contributed by atoms with Crippen molar-refractivity contribution in [3.8, 4) is 0 Å². The highest BCUT2D eigenvalue weighted by Gasteiger charge is 2.07. The molecule has 80 valence electrons. The van der Waals surface area contributed by atoms with Crippen molar-refractivity contribution in [2.45, 2.75) is 32.8 Å². The molecular weight excluding hydrogens is 184 g/mol. The first kappa shape index (κ1) is 12.7. The summed E-state index contributed by atoms with van der Waals surface area (Å²) >= 11 is 0. The topological polar surface area (TPSA) is 52.6 Å². The zero-order valence-corrected chi connectivity index (χ0v) is 8.62. The molecule has 0 heterocycles. The van der Waals surface area contributed by atoms with Crippen LogP contribution in [0.2, 0.25) is 0 Å². The Kier molecular flexibility index (Phi) is 6.45. The van der Waals surface area contributed by atoms with Gasteiger partial charge < -0.3 is 9.47 Å². The van der Waals surface area contributed by atoms with Gasteiger partial charge in [0, 0.05) is 18.9 Å². The molecule has 0 aliphatic rings. The average molecular weight is 200 g/mol. The molecule has 0 radical (unpaired) electrons. The van der Waals surface area contributed by atoms with Gasteiger partial charge in [0.25, 0.3) is 0 Å². The first-order chi connectivity index (χ1) is 6.60. The third-order valence-electron chi connectivity index (χ3n) is 1.56. The minimum Gasteiger partial charge on any atom is -0.466 e. The van der Waals surface area contributed by atoms with Crippen LogP contribution in [0.3, 0.4) is 0 Å². The van der Waals surface area contributed by atoms with E-state index in [1.165, 1.54) is 0 Å². The maximum absolute atomic E-state index is 10.7. The second kappa shape index (κ2) is 7.12. The van der Waals surface area contributed by atoms with Gasteiger partial charge in [0.2, 0.25) is 0 Å². The molecule has 1 unspecified atom stereocenters. The van der Waals surface area contributed by atoms with Crippen LogP contribution >= 0.6 is 0 Å². The van der Waals surface area contributed by atoms with E-state index in [9.17, 15) is 9.59 Å². The molecular formula is C10H16O4.